The molecule has 0 saturated heterocycles. The molecule has 1 saturated carbocycles. The average Bonchev–Trinajstić information content (AvgIpc) is 3.03. The van der Waals surface area contributed by atoms with Gasteiger partial charge in [-0.3, -0.25) is 9.40 Å². The lowest BCUT2D eigenvalue weighted by atomic mass is 9.84. The van der Waals surface area contributed by atoms with Crippen molar-refractivity contribution in [2.45, 2.75) is 42.6 Å². The lowest BCUT2D eigenvalue weighted by molar-refractivity contribution is 0.0655. The summed E-state index contributed by atoms with van der Waals surface area (Å²) in [6.07, 6.45) is 3.18. The van der Waals surface area contributed by atoms with Crippen LogP contribution in [0.2, 0.25) is 0 Å². The SMILES string of the molecule is CO[C@H]1CC[C@@H](c2nn(C)c(C(=O)O)c2NS(=O)(=O)c2ccc(C#N)cc2)CC1. The molecule has 0 amide bonds. The number of anilines is 1. The molecule has 9 nitrogen and oxygen atoms in total. The second kappa shape index (κ2) is 8.23. The van der Waals surface area contributed by atoms with E-state index >= 15 is 0 Å². The van der Waals surface area contributed by atoms with Gasteiger partial charge in [0.2, 0.25) is 0 Å². The number of rotatable bonds is 6. The highest BCUT2D eigenvalue weighted by molar-refractivity contribution is 7.92. The summed E-state index contributed by atoms with van der Waals surface area (Å²) in [5.41, 5.74) is 0.528. The summed E-state index contributed by atoms with van der Waals surface area (Å²) in [6.45, 7) is 0. The predicted molar refractivity (Wildman–Crippen MR) is 104 cm³/mol. The number of ether oxygens (including phenoxy) is 1. The predicted octanol–water partition coefficient (Wildman–Crippen LogP) is 2.46. The van der Waals surface area contributed by atoms with Crippen molar-refractivity contribution in [2.24, 2.45) is 7.05 Å². The van der Waals surface area contributed by atoms with Gasteiger partial charge in [-0.1, -0.05) is 0 Å². The number of hydrogen-bond donors (Lipinski definition) is 2. The zero-order chi connectivity index (χ0) is 21.2. The van der Waals surface area contributed by atoms with Gasteiger partial charge in [0.15, 0.2) is 5.69 Å². The molecular formula is C19H22N4O5S. The number of nitrogens with zero attached hydrogens (tertiary/aromatic N) is 3. The Morgan fingerprint density at radius 3 is 2.41 bits per heavy atom. The number of aromatic carboxylic acids is 1. The van der Waals surface area contributed by atoms with Crippen LogP contribution >= 0.6 is 0 Å². The van der Waals surface area contributed by atoms with Gasteiger partial charge in [-0.2, -0.15) is 10.4 Å². The fourth-order valence-electron chi connectivity index (χ4n) is 3.65. The van der Waals surface area contributed by atoms with E-state index in [0.29, 0.717) is 11.3 Å². The molecule has 0 unspecified atom stereocenters. The Labute approximate surface area is 169 Å². The van der Waals surface area contributed by atoms with Crippen molar-refractivity contribution in [1.82, 2.24) is 9.78 Å². The maximum absolute atomic E-state index is 12.9. The molecule has 154 valence electrons. The van der Waals surface area contributed by atoms with Crippen LogP contribution in [0.3, 0.4) is 0 Å². The molecule has 1 aromatic heterocycles. The number of benzene rings is 1. The zero-order valence-electron chi connectivity index (χ0n) is 16.1. The van der Waals surface area contributed by atoms with E-state index in [-0.39, 0.29) is 28.3 Å². The van der Waals surface area contributed by atoms with Gasteiger partial charge in [-0.25, -0.2) is 13.2 Å². The molecule has 1 aliphatic carbocycles. The Morgan fingerprint density at radius 1 is 1.28 bits per heavy atom. The van der Waals surface area contributed by atoms with Crippen LogP contribution in [-0.4, -0.2) is 42.5 Å². The summed E-state index contributed by atoms with van der Waals surface area (Å²) in [7, 11) is -0.921. The van der Waals surface area contributed by atoms with Crippen LogP contribution < -0.4 is 4.72 Å². The van der Waals surface area contributed by atoms with Gasteiger partial charge in [0.05, 0.1) is 28.3 Å². The van der Waals surface area contributed by atoms with E-state index in [4.69, 9.17) is 10.00 Å². The summed E-state index contributed by atoms with van der Waals surface area (Å²) in [5.74, 6) is -1.34. The molecule has 1 aliphatic rings. The smallest absolute Gasteiger partial charge is 0.356 e. The van der Waals surface area contributed by atoms with Gasteiger partial charge in [0, 0.05) is 20.1 Å². The number of sulfonamides is 1. The zero-order valence-corrected chi connectivity index (χ0v) is 16.9. The molecular weight excluding hydrogens is 396 g/mol. The summed E-state index contributed by atoms with van der Waals surface area (Å²) in [6, 6.07) is 7.32. The van der Waals surface area contributed by atoms with Crippen LogP contribution in [0, 0.1) is 11.3 Å². The Balaban J connectivity index is 1.98. The molecule has 0 bridgehead atoms. The minimum atomic E-state index is -4.06. The van der Waals surface area contributed by atoms with Crippen molar-refractivity contribution in [3.8, 4) is 6.07 Å². The molecule has 0 aliphatic heterocycles. The Bertz CT molecular complexity index is 1050. The van der Waals surface area contributed by atoms with Crippen LogP contribution in [0.15, 0.2) is 29.2 Å². The highest BCUT2D eigenvalue weighted by Crippen LogP contribution is 2.38. The van der Waals surface area contributed by atoms with Crippen molar-refractivity contribution in [3.63, 3.8) is 0 Å². The lowest BCUT2D eigenvalue weighted by Crippen LogP contribution is -2.21. The van der Waals surface area contributed by atoms with E-state index in [1.165, 1.54) is 36.0 Å². The Morgan fingerprint density at radius 2 is 1.90 bits per heavy atom. The number of methoxy groups -OCH3 is 1. The van der Waals surface area contributed by atoms with Crippen LogP contribution in [0.5, 0.6) is 0 Å². The van der Waals surface area contributed by atoms with E-state index in [9.17, 15) is 18.3 Å². The molecule has 2 N–H and O–H groups in total. The van der Waals surface area contributed by atoms with Gasteiger partial charge in [-0.05, 0) is 49.9 Å². The number of carboxylic acid groups (broad SMARTS) is 1. The van der Waals surface area contributed by atoms with Crippen LogP contribution in [0.4, 0.5) is 5.69 Å². The largest absolute Gasteiger partial charge is 0.476 e. The van der Waals surface area contributed by atoms with E-state index in [2.05, 4.69) is 9.82 Å². The maximum Gasteiger partial charge on any atom is 0.356 e. The van der Waals surface area contributed by atoms with E-state index in [1.807, 2.05) is 6.07 Å². The molecule has 2 aromatic rings. The van der Waals surface area contributed by atoms with Gasteiger partial charge in [-0.15, -0.1) is 0 Å². The first-order chi connectivity index (χ1) is 13.8. The van der Waals surface area contributed by atoms with Gasteiger partial charge in [0.1, 0.15) is 5.69 Å². The van der Waals surface area contributed by atoms with Crippen LogP contribution in [-0.2, 0) is 21.8 Å². The summed E-state index contributed by atoms with van der Waals surface area (Å²) < 4.78 is 34.7. The first-order valence-corrected chi connectivity index (χ1v) is 10.6. The number of nitrogens with one attached hydrogen (secondary N) is 1. The molecule has 1 aromatic carbocycles. The third-order valence-corrected chi connectivity index (χ3v) is 6.57. The number of aryl methyl sites for hydroxylation is 1. The van der Waals surface area contributed by atoms with Crippen molar-refractivity contribution in [2.75, 3.05) is 11.8 Å². The summed E-state index contributed by atoms with van der Waals surface area (Å²) >= 11 is 0. The van der Waals surface area contributed by atoms with Crippen LogP contribution in [0.25, 0.3) is 0 Å². The second-order valence-corrected chi connectivity index (χ2v) is 8.67. The molecule has 29 heavy (non-hydrogen) atoms. The highest BCUT2D eigenvalue weighted by Gasteiger charge is 2.32. The minimum absolute atomic E-state index is 0.00905. The number of aromatic nitrogens is 2. The monoisotopic (exact) mass is 418 g/mol. The van der Waals surface area contributed by atoms with Crippen molar-refractivity contribution in [1.29, 1.82) is 5.26 Å². The topological polar surface area (TPSA) is 134 Å². The fourth-order valence-corrected chi connectivity index (χ4v) is 4.73. The van der Waals surface area contributed by atoms with Crippen molar-refractivity contribution < 1.29 is 23.1 Å². The normalized spacial score (nSPS) is 19.5. The van der Waals surface area contributed by atoms with Crippen molar-refractivity contribution in [3.05, 3.63) is 41.2 Å². The van der Waals surface area contributed by atoms with Gasteiger partial charge in [0.25, 0.3) is 10.0 Å². The Kier molecular flexibility index (Phi) is 5.91. The number of carboxylic acids is 1. The molecule has 10 heteroatoms. The second-order valence-electron chi connectivity index (χ2n) is 6.99. The number of hydrogen-bond acceptors (Lipinski definition) is 6. The summed E-state index contributed by atoms with van der Waals surface area (Å²) in [4.78, 5) is 11.7. The van der Waals surface area contributed by atoms with Gasteiger partial charge < -0.3 is 9.84 Å². The van der Waals surface area contributed by atoms with E-state index in [0.717, 1.165) is 25.7 Å². The standard InChI is InChI=1S/C19H22N4O5S/c1-23-18(19(24)25)17(16(21-23)13-5-7-14(28-2)8-6-13)22-29(26,27)15-9-3-12(11-20)4-10-15/h3-4,9-10,13-14,22H,5-8H2,1-2H3,(H,24,25)/t13-,14+. The molecule has 3 rings (SSSR count). The first-order valence-electron chi connectivity index (χ1n) is 9.12. The molecule has 1 fully saturated rings. The number of carbonyl (C=O) groups is 1. The number of nitriles is 1. The minimum Gasteiger partial charge on any atom is -0.476 e. The molecule has 0 radical (unpaired) electrons. The van der Waals surface area contributed by atoms with Crippen LogP contribution in [0.1, 0.15) is 53.3 Å². The van der Waals surface area contributed by atoms with Crippen molar-refractivity contribution >= 4 is 21.7 Å². The first kappa shape index (κ1) is 20.8. The van der Waals surface area contributed by atoms with E-state index < -0.39 is 16.0 Å². The lowest BCUT2D eigenvalue weighted by Gasteiger charge is -2.27. The van der Waals surface area contributed by atoms with E-state index in [1.54, 1.807) is 7.11 Å². The quantitative estimate of drug-likeness (QED) is 0.736. The summed E-state index contributed by atoms with van der Waals surface area (Å²) in [5, 5.41) is 22.8. The van der Waals surface area contributed by atoms with Gasteiger partial charge >= 0.3 is 5.97 Å². The average molecular weight is 418 g/mol. The maximum atomic E-state index is 12.9. The molecule has 0 atom stereocenters. The fraction of sp³-hybridized carbons (Fsp3) is 0.421. The molecule has 1 heterocycles. The third kappa shape index (κ3) is 4.26. The molecule has 0 spiro atoms. The third-order valence-electron chi connectivity index (χ3n) is 5.20. The Hall–Kier alpha value is -2.90. The highest BCUT2D eigenvalue weighted by atomic mass is 32.2.